The highest BCUT2D eigenvalue weighted by Gasteiger charge is 2.12. The summed E-state index contributed by atoms with van der Waals surface area (Å²) in [4.78, 5) is 23.0. The Labute approximate surface area is 163 Å². The van der Waals surface area contributed by atoms with Crippen molar-refractivity contribution in [2.24, 2.45) is 0 Å². The number of nitrogens with zero attached hydrogens (tertiary/aromatic N) is 4. The van der Waals surface area contributed by atoms with Gasteiger partial charge in [-0.25, -0.2) is 0 Å². The fraction of sp³-hybridized carbons (Fsp3) is 0.333. The molecule has 0 saturated carbocycles. The topological polar surface area (TPSA) is 84.1 Å². The van der Waals surface area contributed by atoms with E-state index in [9.17, 15) is 4.79 Å². The molecule has 28 heavy (non-hydrogen) atoms. The molecule has 7 nitrogen and oxygen atoms in total. The van der Waals surface area contributed by atoms with Gasteiger partial charge in [-0.1, -0.05) is 5.16 Å². The van der Waals surface area contributed by atoms with Crippen LogP contribution in [0.2, 0.25) is 0 Å². The maximum absolute atomic E-state index is 12.2. The molecule has 144 valence electrons. The zero-order valence-corrected chi connectivity index (χ0v) is 15.7. The first-order chi connectivity index (χ1) is 13.8. The van der Waals surface area contributed by atoms with E-state index >= 15 is 0 Å². The van der Waals surface area contributed by atoms with Gasteiger partial charge in [-0.05, 0) is 55.7 Å². The number of aromatic nitrogens is 3. The van der Waals surface area contributed by atoms with E-state index in [0.717, 1.165) is 24.3 Å². The Morgan fingerprint density at radius 2 is 1.93 bits per heavy atom. The zero-order valence-electron chi connectivity index (χ0n) is 15.7. The van der Waals surface area contributed by atoms with Gasteiger partial charge in [0.2, 0.25) is 17.6 Å². The van der Waals surface area contributed by atoms with Crippen molar-refractivity contribution in [3.05, 3.63) is 54.7 Å². The summed E-state index contributed by atoms with van der Waals surface area (Å²) in [6.45, 7) is 2.22. The number of piperidine rings is 1. The zero-order chi connectivity index (χ0) is 19.2. The third-order valence-electron chi connectivity index (χ3n) is 4.83. The van der Waals surface area contributed by atoms with Gasteiger partial charge in [0, 0.05) is 55.3 Å². The Morgan fingerprint density at radius 1 is 1.11 bits per heavy atom. The molecule has 3 aromatic rings. The molecule has 1 aromatic carbocycles. The van der Waals surface area contributed by atoms with E-state index in [1.165, 1.54) is 24.9 Å². The van der Waals surface area contributed by atoms with Gasteiger partial charge in [0.15, 0.2) is 0 Å². The minimum atomic E-state index is -0.0770. The van der Waals surface area contributed by atoms with Gasteiger partial charge in [0.05, 0.1) is 0 Å². The van der Waals surface area contributed by atoms with Gasteiger partial charge in [-0.3, -0.25) is 9.78 Å². The van der Waals surface area contributed by atoms with E-state index in [2.05, 4.69) is 37.5 Å². The largest absolute Gasteiger partial charge is 0.372 e. The minimum absolute atomic E-state index is 0.0770. The van der Waals surface area contributed by atoms with Crippen LogP contribution in [-0.4, -0.2) is 34.1 Å². The van der Waals surface area contributed by atoms with Gasteiger partial charge in [0.25, 0.3) is 0 Å². The van der Waals surface area contributed by atoms with Gasteiger partial charge in [0.1, 0.15) is 0 Å². The summed E-state index contributed by atoms with van der Waals surface area (Å²) >= 11 is 0. The van der Waals surface area contributed by atoms with Crippen molar-refractivity contribution < 1.29 is 9.32 Å². The van der Waals surface area contributed by atoms with Crippen molar-refractivity contribution in [2.75, 3.05) is 23.3 Å². The van der Waals surface area contributed by atoms with Crippen LogP contribution in [0, 0.1) is 0 Å². The lowest BCUT2D eigenvalue weighted by Gasteiger charge is -2.28. The fourth-order valence-electron chi connectivity index (χ4n) is 3.32. The van der Waals surface area contributed by atoms with Crippen LogP contribution in [0.15, 0.2) is 53.3 Å². The second-order valence-electron chi connectivity index (χ2n) is 6.90. The van der Waals surface area contributed by atoms with Crippen LogP contribution < -0.4 is 10.2 Å². The number of nitrogens with one attached hydrogen (secondary N) is 1. The molecular weight excluding hydrogens is 354 g/mol. The van der Waals surface area contributed by atoms with E-state index in [0.29, 0.717) is 18.1 Å². The number of benzene rings is 1. The van der Waals surface area contributed by atoms with Crippen molar-refractivity contribution in [1.82, 2.24) is 15.1 Å². The summed E-state index contributed by atoms with van der Waals surface area (Å²) in [6.07, 6.45) is 7.85. The summed E-state index contributed by atoms with van der Waals surface area (Å²) in [5.74, 6) is 0.845. The van der Waals surface area contributed by atoms with Crippen LogP contribution in [0.4, 0.5) is 11.4 Å². The first-order valence-electron chi connectivity index (χ1n) is 9.66. The molecule has 1 amide bonds. The molecule has 0 spiro atoms. The molecule has 1 saturated heterocycles. The van der Waals surface area contributed by atoms with E-state index in [-0.39, 0.29) is 12.3 Å². The van der Waals surface area contributed by atoms with Crippen LogP contribution in [0.5, 0.6) is 0 Å². The Kier molecular flexibility index (Phi) is 5.61. The number of rotatable bonds is 6. The number of carbonyl (C=O) groups is 1. The highest BCUT2D eigenvalue weighted by atomic mass is 16.5. The standard InChI is InChI=1S/C21H23N5O2/c27-19(10-11-20-24-21(25-28-20)16-5-4-12-22-15-16)23-17-6-8-18(9-7-17)26-13-2-1-3-14-26/h4-9,12,15H,1-3,10-11,13-14H2,(H,23,27). The van der Waals surface area contributed by atoms with Crippen molar-refractivity contribution in [3.63, 3.8) is 0 Å². The van der Waals surface area contributed by atoms with E-state index < -0.39 is 0 Å². The molecular formula is C21H23N5O2. The molecule has 0 unspecified atom stereocenters. The fourth-order valence-corrected chi connectivity index (χ4v) is 3.32. The van der Waals surface area contributed by atoms with E-state index in [1.807, 2.05) is 24.3 Å². The van der Waals surface area contributed by atoms with Crippen molar-refractivity contribution >= 4 is 17.3 Å². The normalized spacial score (nSPS) is 14.1. The monoisotopic (exact) mass is 377 g/mol. The Balaban J connectivity index is 1.28. The molecule has 0 radical (unpaired) electrons. The van der Waals surface area contributed by atoms with Gasteiger partial charge < -0.3 is 14.7 Å². The second kappa shape index (κ2) is 8.65. The van der Waals surface area contributed by atoms with E-state index in [1.54, 1.807) is 12.4 Å². The number of pyridine rings is 1. The molecule has 1 N–H and O–H groups in total. The molecule has 3 heterocycles. The lowest BCUT2D eigenvalue weighted by atomic mass is 10.1. The molecule has 1 aliphatic heterocycles. The number of aryl methyl sites for hydroxylation is 1. The maximum atomic E-state index is 12.2. The third kappa shape index (κ3) is 4.54. The Bertz CT molecular complexity index is 902. The first-order valence-corrected chi connectivity index (χ1v) is 9.66. The predicted molar refractivity (Wildman–Crippen MR) is 107 cm³/mol. The summed E-state index contributed by atoms with van der Waals surface area (Å²) < 4.78 is 5.23. The van der Waals surface area contributed by atoms with Crippen LogP contribution in [-0.2, 0) is 11.2 Å². The first kappa shape index (κ1) is 18.2. The smallest absolute Gasteiger partial charge is 0.227 e. The van der Waals surface area contributed by atoms with Crippen molar-refractivity contribution in [3.8, 4) is 11.4 Å². The molecule has 4 rings (SSSR count). The van der Waals surface area contributed by atoms with Gasteiger partial charge in [-0.15, -0.1) is 0 Å². The van der Waals surface area contributed by atoms with Crippen LogP contribution in [0.25, 0.3) is 11.4 Å². The lowest BCUT2D eigenvalue weighted by molar-refractivity contribution is -0.116. The molecule has 7 heteroatoms. The van der Waals surface area contributed by atoms with Crippen LogP contribution >= 0.6 is 0 Å². The average Bonchev–Trinajstić information content (AvgIpc) is 3.23. The quantitative estimate of drug-likeness (QED) is 0.705. The molecule has 0 bridgehead atoms. The number of hydrogen-bond donors (Lipinski definition) is 1. The highest BCUT2D eigenvalue weighted by molar-refractivity contribution is 5.90. The van der Waals surface area contributed by atoms with Crippen molar-refractivity contribution in [1.29, 1.82) is 0 Å². The molecule has 2 aromatic heterocycles. The van der Waals surface area contributed by atoms with Crippen LogP contribution in [0.3, 0.4) is 0 Å². The predicted octanol–water partition coefficient (Wildman–Crippen LogP) is 3.69. The maximum Gasteiger partial charge on any atom is 0.227 e. The number of amides is 1. The van der Waals surface area contributed by atoms with Gasteiger partial charge in [-0.2, -0.15) is 4.98 Å². The molecule has 0 aliphatic carbocycles. The highest BCUT2D eigenvalue weighted by Crippen LogP contribution is 2.22. The molecule has 1 fully saturated rings. The van der Waals surface area contributed by atoms with Crippen molar-refractivity contribution in [2.45, 2.75) is 32.1 Å². The minimum Gasteiger partial charge on any atom is -0.372 e. The number of carbonyl (C=O) groups excluding carboxylic acids is 1. The summed E-state index contributed by atoms with van der Waals surface area (Å²) in [5, 5.41) is 6.86. The number of anilines is 2. The average molecular weight is 377 g/mol. The SMILES string of the molecule is O=C(CCc1nc(-c2cccnc2)no1)Nc1ccc(N2CCCCC2)cc1. The molecule has 0 atom stereocenters. The van der Waals surface area contributed by atoms with E-state index in [4.69, 9.17) is 4.52 Å². The molecule has 1 aliphatic rings. The lowest BCUT2D eigenvalue weighted by Crippen LogP contribution is -2.29. The van der Waals surface area contributed by atoms with Crippen LogP contribution in [0.1, 0.15) is 31.6 Å². The van der Waals surface area contributed by atoms with Gasteiger partial charge >= 0.3 is 0 Å². The Hall–Kier alpha value is -3.22. The number of hydrogen-bond acceptors (Lipinski definition) is 6. The summed E-state index contributed by atoms with van der Waals surface area (Å²) in [7, 11) is 0. The Morgan fingerprint density at radius 3 is 2.68 bits per heavy atom. The summed E-state index contributed by atoms with van der Waals surface area (Å²) in [5.41, 5.74) is 2.80. The second-order valence-corrected chi connectivity index (χ2v) is 6.90. The summed E-state index contributed by atoms with van der Waals surface area (Å²) in [6, 6.07) is 11.7. The third-order valence-corrected chi connectivity index (χ3v) is 4.83.